The van der Waals surface area contributed by atoms with Gasteiger partial charge in [-0.2, -0.15) is 0 Å². The minimum Gasteiger partial charge on any atom is -0.367 e. The van der Waals surface area contributed by atoms with Gasteiger partial charge in [-0.1, -0.05) is 11.6 Å². The van der Waals surface area contributed by atoms with Gasteiger partial charge in [0.25, 0.3) is 0 Å². The van der Waals surface area contributed by atoms with Gasteiger partial charge >= 0.3 is 0 Å². The number of amides is 1. The van der Waals surface area contributed by atoms with Crippen LogP contribution in [0.15, 0.2) is 36.8 Å². The molecule has 6 nitrogen and oxygen atoms in total. The van der Waals surface area contributed by atoms with Gasteiger partial charge in [-0.25, -0.2) is 9.97 Å². The maximum atomic E-state index is 12.5. The monoisotopic (exact) mass is 359 g/mol. The van der Waals surface area contributed by atoms with E-state index in [-0.39, 0.29) is 11.8 Å². The summed E-state index contributed by atoms with van der Waals surface area (Å²) in [4.78, 5) is 25.2. The van der Waals surface area contributed by atoms with Gasteiger partial charge in [-0.05, 0) is 37.1 Å². The van der Waals surface area contributed by atoms with Crippen molar-refractivity contribution in [3.05, 3.63) is 41.8 Å². The van der Waals surface area contributed by atoms with Crippen molar-refractivity contribution in [2.24, 2.45) is 5.92 Å². The number of carbonyl (C=O) groups excluding carboxylic acids is 1. The molecule has 0 unspecified atom stereocenters. The molecule has 0 aliphatic carbocycles. The van der Waals surface area contributed by atoms with Crippen molar-refractivity contribution in [1.29, 1.82) is 0 Å². The summed E-state index contributed by atoms with van der Waals surface area (Å²) in [5.41, 5.74) is 1.80. The van der Waals surface area contributed by atoms with Crippen LogP contribution < -0.4 is 15.1 Å². The molecular formula is C18H22ClN5O. The maximum absolute atomic E-state index is 12.5. The van der Waals surface area contributed by atoms with E-state index in [0.717, 1.165) is 43.1 Å². The van der Waals surface area contributed by atoms with Gasteiger partial charge in [-0.3, -0.25) is 4.79 Å². The van der Waals surface area contributed by atoms with Gasteiger partial charge in [0.05, 0.1) is 11.9 Å². The molecule has 7 heteroatoms. The standard InChI is InChI=1S/C18H22ClN5O/c1-23(2)17-16(11-20-12-21-17)24-9-7-13(8-10-24)18(25)22-15-5-3-14(19)4-6-15/h3-6,11-13H,7-10H2,1-2H3,(H,22,25). The highest BCUT2D eigenvalue weighted by Crippen LogP contribution is 2.29. The van der Waals surface area contributed by atoms with E-state index in [1.165, 1.54) is 0 Å². The number of halogens is 1. The highest BCUT2D eigenvalue weighted by atomic mass is 35.5. The molecule has 1 aliphatic heterocycles. The zero-order valence-electron chi connectivity index (χ0n) is 14.4. The second kappa shape index (κ2) is 7.70. The van der Waals surface area contributed by atoms with Crippen LogP contribution in [0.4, 0.5) is 17.2 Å². The maximum Gasteiger partial charge on any atom is 0.227 e. The van der Waals surface area contributed by atoms with Crippen LogP contribution in [0.3, 0.4) is 0 Å². The first-order chi connectivity index (χ1) is 12.0. The zero-order chi connectivity index (χ0) is 17.8. The fourth-order valence-electron chi connectivity index (χ4n) is 3.04. The molecular weight excluding hydrogens is 338 g/mol. The Balaban J connectivity index is 1.60. The number of aromatic nitrogens is 2. The molecule has 2 heterocycles. The van der Waals surface area contributed by atoms with Crippen LogP contribution in [0, 0.1) is 5.92 Å². The van der Waals surface area contributed by atoms with E-state index in [2.05, 4.69) is 20.2 Å². The molecule has 1 fully saturated rings. The predicted octanol–water partition coefficient (Wildman–Crippen LogP) is 3.05. The summed E-state index contributed by atoms with van der Waals surface area (Å²) in [6.07, 6.45) is 5.02. The third-order valence-electron chi connectivity index (χ3n) is 4.41. The Morgan fingerprint density at radius 1 is 1.24 bits per heavy atom. The van der Waals surface area contributed by atoms with Crippen molar-refractivity contribution in [2.45, 2.75) is 12.8 Å². The Morgan fingerprint density at radius 3 is 2.56 bits per heavy atom. The summed E-state index contributed by atoms with van der Waals surface area (Å²) in [5.74, 6) is 0.984. The second-order valence-corrected chi connectivity index (χ2v) is 6.82. The third kappa shape index (κ3) is 4.20. The Morgan fingerprint density at radius 2 is 1.92 bits per heavy atom. The first-order valence-electron chi connectivity index (χ1n) is 8.33. The summed E-state index contributed by atoms with van der Waals surface area (Å²) in [7, 11) is 3.94. The number of nitrogens with one attached hydrogen (secondary N) is 1. The van der Waals surface area contributed by atoms with Crippen LogP contribution in [0.1, 0.15) is 12.8 Å². The fraction of sp³-hybridized carbons (Fsp3) is 0.389. The van der Waals surface area contributed by atoms with Gasteiger partial charge in [-0.15, -0.1) is 0 Å². The molecule has 0 bridgehead atoms. The highest BCUT2D eigenvalue weighted by molar-refractivity contribution is 6.30. The van der Waals surface area contributed by atoms with Crippen molar-refractivity contribution in [3.8, 4) is 0 Å². The first kappa shape index (κ1) is 17.5. The van der Waals surface area contributed by atoms with Crippen LogP contribution in [0.2, 0.25) is 5.02 Å². The van der Waals surface area contributed by atoms with Gasteiger partial charge < -0.3 is 15.1 Å². The molecule has 1 N–H and O–H groups in total. The number of hydrogen-bond donors (Lipinski definition) is 1. The molecule has 0 saturated carbocycles. The summed E-state index contributed by atoms with van der Waals surface area (Å²) in [6, 6.07) is 7.19. The lowest BCUT2D eigenvalue weighted by Gasteiger charge is -2.34. The molecule has 0 atom stereocenters. The van der Waals surface area contributed by atoms with E-state index >= 15 is 0 Å². The van der Waals surface area contributed by atoms with E-state index in [9.17, 15) is 4.79 Å². The number of hydrogen-bond acceptors (Lipinski definition) is 5. The summed E-state index contributed by atoms with van der Waals surface area (Å²) >= 11 is 5.87. The van der Waals surface area contributed by atoms with Gasteiger partial charge in [0, 0.05) is 43.8 Å². The highest BCUT2D eigenvalue weighted by Gasteiger charge is 2.26. The van der Waals surface area contributed by atoms with Crippen molar-refractivity contribution in [3.63, 3.8) is 0 Å². The van der Waals surface area contributed by atoms with E-state index in [1.807, 2.05) is 37.3 Å². The smallest absolute Gasteiger partial charge is 0.227 e. The van der Waals surface area contributed by atoms with Gasteiger partial charge in [0.15, 0.2) is 5.82 Å². The topological polar surface area (TPSA) is 61.4 Å². The van der Waals surface area contributed by atoms with E-state index in [0.29, 0.717) is 5.02 Å². The Bertz CT molecular complexity index is 727. The van der Waals surface area contributed by atoms with Crippen LogP contribution in [-0.2, 0) is 4.79 Å². The molecule has 1 aromatic heterocycles. The van der Waals surface area contributed by atoms with Crippen molar-refractivity contribution >= 4 is 34.7 Å². The number of anilines is 3. The van der Waals surface area contributed by atoms with E-state index in [4.69, 9.17) is 11.6 Å². The molecule has 0 radical (unpaired) electrons. The molecule has 3 rings (SSSR count). The van der Waals surface area contributed by atoms with Gasteiger partial charge in [0.1, 0.15) is 6.33 Å². The molecule has 0 spiro atoms. The lowest BCUT2D eigenvalue weighted by atomic mass is 9.95. The molecule has 2 aromatic rings. The normalized spacial score (nSPS) is 15.1. The number of nitrogens with zero attached hydrogens (tertiary/aromatic N) is 4. The van der Waals surface area contributed by atoms with E-state index < -0.39 is 0 Å². The zero-order valence-corrected chi connectivity index (χ0v) is 15.2. The minimum atomic E-state index is 0.0133. The van der Waals surface area contributed by atoms with E-state index in [1.54, 1.807) is 18.5 Å². The molecule has 25 heavy (non-hydrogen) atoms. The van der Waals surface area contributed by atoms with Crippen LogP contribution in [0.5, 0.6) is 0 Å². The van der Waals surface area contributed by atoms with Crippen molar-refractivity contribution < 1.29 is 4.79 Å². The van der Waals surface area contributed by atoms with Crippen molar-refractivity contribution in [1.82, 2.24) is 9.97 Å². The Kier molecular flexibility index (Phi) is 5.38. The molecule has 1 amide bonds. The van der Waals surface area contributed by atoms with Crippen LogP contribution >= 0.6 is 11.6 Å². The second-order valence-electron chi connectivity index (χ2n) is 6.38. The Hall–Kier alpha value is -2.34. The van der Waals surface area contributed by atoms with Crippen LogP contribution in [-0.4, -0.2) is 43.1 Å². The van der Waals surface area contributed by atoms with Gasteiger partial charge in [0.2, 0.25) is 5.91 Å². The lowest BCUT2D eigenvalue weighted by Crippen LogP contribution is -2.39. The quantitative estimate of drug-likeness (QED) is 0.909. The largest absolute Gasteiger partial charge is 0.367 e. The number of carbonyl (C=O) groups is 1. The molecule has 1 aliphatic rings. The SMILES string of the molecule is CN(C)c1ncncc1N1CCC(C(=O)Nc2ccc(Cl)cc2)CC1. The molecule has 1 aromatic carbocycles. The minimum absolute atomic E-state index is 0.0133. The van der Waals surface area contributed by atoms with Crippen molar-refractivity contribution in [2.75, 3.05) is 42.3 Å². The summed E-state index contributed by atoms with van der Waals surface area (Å²) in [6.45, 7) is 1.62. The molecule has 1 saturated heterocycles. The average Bonchev–Trinajstić information content (AvgIpc) is 2.63. The third-order valence-corrected chi connectivity index (χ3v) is 4.67. The first-order valence-corrected chi connectivity index (χ1v) is 8.71. The Labute approximate surface area is 152 Å². The molecule has 132 valence electrons. The predicted molar refractivity (Wildman–Crippen MR) is 101 cm³/mol. The average molecular weight is 360 g/mol. The number of benzene rings is 1. The summed E-state index contributed by atoms with van der Waals surface area (Å²) in [5, 5.41) is 3.63. The van der Waals surface area contributed by atoms with Crippen LogP contribution in [0.25, 0.3) is 0 Å². The lowest BCUT2D eigenvalue weighted by molar-refractivity contribution is -0.120. The fourth-order valence-corrected chi connectivity index (χ4v) is 3.17. The number of piperidine rings is 1. The summed E-state index contributed by atoms with van der Waals surface area (Å²) < 4.78 is 0. The number of rotatable bonds is 4.